The lowest BCUT2D eigenvalue weighted by Gasteiger charge is -2.17. The molecule has 0 saturated carbocycles. The van der Waals surface area contributed by atoms with Crippen molar-refractivity contribution in [1.82, 2.24) is 9.88 Å². The minimum absolute atomic E-state index is 0.350. The van der Waals surface area contributed by atoms with Crippen molar-refractivity contribution in [2.45, 2.75) is 13.0 Å². The van der Waals surface area contributed by atoms with E-state index in [1.54, 1.807) is 0 Å². The highest BCUT2D eigenvalue weighted by Gasteiger charge is 2.18. The van der Waals surface area contributed by atoms with Gasteiger partial charge in [0.05, 0.1) is 11.2 Å². The van der Waals surface area contributed by atoms with Gasteiger partial charge in [0.2, 0.25) is 0 Å². The Morgan fingerprint density at radius 1 is 1.06 bits per heavy atom. The number of carboxylic acids is 1. The van der Waals surface area contributed by atoms with Crippen LogP contribution < -0.4 is 0 Å². The van der Waals surface area contributed by atoms with E-state index in [0.717, 1.165) is 51.3 Å². The maximum atomic E-state index is 11.8. The van der Waals surface area contributed by atoms with Crippen LogP contribution in [0, 0.1) is 0 Å². The first-order chi connectivity index (χ1) is 15.0. The molecule has 2 aromatic heterocycles. The number of benzene rings is 2. The molecular formula is C26H24N2O2S. The number of para-hydroxylation sites is 1. The predicted octanol–water partition coefficient (Wildman–Crippen LogP) is 6.20. The molecule has 0 amide bonds. The zero-order chi connectivity index (χ0) is 21.8. The van der Waals surface area contributed by atoms with Gasteiger partial charge in [-0.25, -0.2) is 4.79 Å². The summed E-state index contributed by atoms with van der Waals surface area (Å²) in [4.78, 5) is 20.0. The zero-order valence-electron chi connectivity index (χ0n) is 17.4. The van der Waals surface area contributed by atoms with Gasteiger partial charge in [0.15, 0.2) is 0 Å². The number of hydrogen-bond acceptors (Lipinski definition) is 4. The number of hydrogen-bond donors (Lipinski definition) is 1. The highest BCUT2D eigenvalue weighted by Crippen LogP contribution is 2.35. The maximum absolute atomic E-state index is 11.8. The Bertz CT molecular complexity index is 1230. The summed E-state index contributed by atoms with van der Waals surface area (Å²) in [5, 5.41) is 10.8. The molecule has 0 atom stereocenters. The second kappa shape index (κ2) is 9.25. The quantitative estimate of drug-likeness (QED) is 0.363. The molecule has 0 unspecified atom stereocenters. The molecule has 0 bridgehead atoms. The van der Waals surface area contributed by atoms with Crippen molar-refractivity contribution in [3.05, 3.63) is 95.5 Å². The highest BCUT2D eigenvalue weighted by atomic mass is 32.1. The number of rotatable bonds is 8. The summed E-state index contributed by atoms with van der Waals surface area (Å²) in [5.74, 6) is -0.906. The predicted molar refractivity (Wildman–Crippen MR) is 128 cm³/mol. The average Bonchev–Trinajstić information content (AvgIpc) is 3.24. The monoisotopic (exact) mass is 428 g/mol. The number of carbonyl (C=O) groups is 1. The number of fused-ring (bicyclic) bond motifs is 1. The van der Waals surface area contributed by atoms with E-state index in [-0.39, 0.29) is 0 Å². The van der Waals surface area contributed by atoms with Crippen LogP contribution in [0.15, 0.2) is 79.4 Å². The third-order valence-electron chi connectivity index (χ3n) is 5.25. The van der Waals surface area contributed by atoms with Crippen molar-refractivity contribution in [1.29, 1.82) is 0 Å². The fourth-order valence-corrected chi connectivity index (χ4v) is 4.62. The number of nitrogens with zero attached hydrogens (tertiary/aromatic N) is 2. The van der Waals surface area contributed by atoms with Crippen LogP contribution >= 0.6 is 11.3 Å². The molecule has 0 aliphatic carbocycles. The standard InChI is InChI=1S/C26H24N2O2S/c1-18(22-16-24(31-25(22)26(29)30)20-9-4-3-5-10-20)14-15-28(2)17-21-13-12-19-8-6-7-11-23(19)27-21/h3-13,16H,1,14-15,17H2,2H3,(H,29,30). The summed E-state index contributed by atoms with van der Waals surface area (Å²) >= 11 is 1.30. The van der Waals surface area contributed by atoms with Crippen LogP contribution in [0.3, 0.4) is 0 Å². The maximum Gasteiger partial charge on any atom is 0.346 e. The SMILES string of the molecule is C=C(CCN(C)Cc1ccc2ccccc2n1)c1cc(-c2ccccc2)sc1C(=O)O. The van der Waals surface area contributed by atoms with Crippen molar-refractivity contribution in [2.24, 2.45) is 0 Å². The highest BCUT2D eigenvalue weighted by molar-refractivity contribution is 7.17. The summed E-state index contributed by atoms with van der Waals surface area (Å²) in [6.07, 6.45) is 0.690. The normalized spacial score (nSPS) is 11.2. The lowest BCUT2D eigenvalue weighted by molar-refractivity contribution is 0.0702. The molecule has 5 heteroatoms. The molecule has 0 aliphatic heterocycles. The fraction of sp³-hybridized carbons (Fsp3) is 0.154. The lowest BCUT2D eigenvalue weighted by Crippen LogP contribution is -2.20. The van der Waals surface area contributed by atoms with E-state index in [1.165, 1.54) is 11.3 Å². The van der Waals surface area contributed by atoms with Gasteiger partial charge in [0, 0.05) is 28.9 Å². The van der Waals surface area contributed by atoms with Crippen molar-refractivity contribution in [2.75, 3.05) is 13.6 Å². The first-order valence-corrected chi connectivity index (χ1v) is 11.0. The van der Waals surface area contributed by atoms with Crippen molar-refractivity contribution < 1.29 is 9.90 Å². The Hall–Kier alpha value is -3.28. The van der Waals surface area contributed by atoms with E-state index in [4.69, 9.17) is 4.98 Å². The molecule has 2 heterocycles. The van der Waals surface area contributed by atoms with Crippen LogP contribution in [-0.4, -0.2) is 34.6 Å². The van der Waals surface area contributed by atoms with Gasteiger partial charge in [-0.05, 0) is 42.8 Å². The van der Waals surface area contributed by atoms with Crippen LogP contribution in [0.1, 0.15) is 27.3 Å². The minimum atomic E-state index is -0.906. The van der Waals surface area contributed by atoms with E-state index < -0.39 is 5.97 Å². The Kier molecular flexibility index (Phi) is 6.26. The number of aromatic nitrogens is 1. The van der Waals surface area contributed by atoms with Gasteiger partial charge in [-0.1, -0.05) is 61.2 Å². The van der Waals surface area contributed by atoms with Crippen LogP contribution in [0.5, 0.6) is 0 Å². The molecule has 31 heavy (non-hydrogen) atoms. The molecule has 0 radical (unpaired) electrons. The first kappa shape index (κ1) is 21.0. The largest absolute Gasteiger partial charge is 0.477 e. The topological polar surface area (TPSA) is 53.4 Å². The molecule has 0 aliphatic rings. The molecule has 4 rings (SSSR count). The van der Waals surface area contributed by atoms with Crippen LogP contribution in [0.4, 0.5) is 0 Å². The second-order valence-electron chi connectivity index (χ2n) is 7.61. The van der Waals surface area contributed by atoms with Crippen LogP contribution in [-0.2, 0) is 6.54 Å². The van der Waals surface area contributed by atoms with Gasteiger partial charge in [-0.15, -0.1) is 11.3 Å². The molecule has 4 nitrogen and oxygen atoms in total. The number of carboxylic acid groups (broad SMARTS) is 1. The molecule has 1 N–H and O–H groups in total. The van der Waals surface area contributed by atoms with Gasteiger partial charge in [0.25, 0.3) is 0 Å². The van der Waals surface area contributed by atoms with Crippen molar-refractivity contribution >= 4 is 33.8 Å². The Morgan fingerprint density at radius 2 is 1.81 bits per heavy atom. The number of thiophene rings is 1. The molecule has 0 saturated heterocycles. The molecular weight excluding hydrogens is 404 g/mol. The van der Waals surface area contributed by atoms with Crippen molar-refractivity contribution in [3.8, 4) is 10.4 Å². The fourth-order valence-electron chi connectivity index (χ4n) is 3.57. The minimum Gasteiger partial charge on any atom is -0.477 e. The smallest absolute Gasteiger partial charge is 0.346 e. The number of aromatic carboxylic acids is 1. The third-order valence-corrected chi connectivity index (χ3v) is 6.42. The summed E-state index contributed by atoms with van der Waals surface area (Å²) in [5.41, 5.74) is 4.60. The van der Waals surface area contributed by atoms with Gasteiger partial charge >= 0.3 is 5.97 Å². The van der Waals surface area contributed by atoms with E-state index in [2.05, 4.69) is 29.7 Å². The summed E-state index contributed by atoms with van der Waals surface area (Å²) in [6.45, 7) is 5.69. The average molecular weight is 429 g/mol. The van der Waals surface area contributed by atoms with Gasteiger partial charge < -0.3 is 10.0 Å². The molecule has 2 aromatic carbocycles. The lowest BCUT2D eigenvalue weighted by atomic mass is 10.0. The first-order valence-electron chi connectivity index (χ1n) is 10.1. The van der Waals surface area contributed by atoms with E-state index in [1.807, 2.05) is 61.6 Å². The molecule has 156 valence electrons. The van der Waals surface area contributed by atoms with E-state index in [0.29, 0.717) is 11.3 Å². The molecule has 0 spiro atoms. The summed E-state index contributed by atoms with van der Waals surface area (Å²) in [6, 6.07) is 24.1. The van der Waals surface area contributed by atoms with Crippen molar-refractivity contribution in [3.63, 3.8) is 0 Å². The summed E-state index contributed by atoms with van der Waals surface area (Å²) < 4.78 is 0. The Morgan fingerprint density at radius 3 is 2.58 bits per heavy atom. The zero-order valence-corrected chi connectivity index (χ0v) is 18.2. The van der Waals surface area contributed by atoms with E-state index >= 15 is 0 Å². The second-order valence-corrected chi connectivity index (χ2v) is 8.66. The molecule has 4 aromatic rings. The van der Waals surface area contributed by atoms with E-state index in [9.17, 15) is 9.90 Å². The summed E-state index contributed by atoms with van der Waals surface area (Å²) in [7, 11) is 2.05. The van der Waals surface area contributed by atoms with Gasteiger partial charge in [0.1, 0.15) is 4.88 Å². The van der Waals surface area contributed by atoms with Crippen LogP contribution in [0.25, 0.3) is 26.9 Å². The van der Waals surface area contributed by atoms with Gasteiger partial charge in [-0.2, -0.15) is 0 Å². The Labute approximate surface area is 186 Å². The Balaban J connectivity index is 1.44. The number of pyridine rings is 1. The third kappa shape index (κ3) is 4.90. The molecule has 0 fully saturated rings. The van der Waals surface area contributed by atoms with Gasteiger partial charge in [-0.3, -0.25) is 4.98 Å². The van der Waals surface area contributed by atoms with Crippen LogP contribution in [0.2, 0.25) is 0 Å².